The summed E-state index contributed by atoms with van der Waals surface area (Å²) in [6.07, 6.45) is 0. The molecule has 0 unspecified atom stereocenters. The van der Waals surface area contributed by atoms with Gasteiger partial charge >= 0.3 is 0 Å². The SMILES string of the molecule is c1ccc(S(c2ccccc2)(c2cc(-n3c4ccccc4c4ccccc43)cc3c2oc2ccc(-n4c5ccccc5c5ccccc54)cc23)c2cc(-n3c4ccccc4c4ccccc43)cc3c2oc2ccc(-n4c5ccccc5c5ccccc54)cc23)cc1. The Hall–Kier alpha value is -11.8. The molecule has 426 valence electrons. The second-order valence-electron chi connectivity index (χ2n) is 23.9. The van der Waals surface area contributed by atoms with Crippen LogP contribution in [0.15, 0.2) is 344 Å². The molecule has 0 amide bonds. The highest BCUT2D eigenvalue weighted by molar-refractivity contribution is 8.34. The van der Waals surface area contributed by atoms with E-state index in [9.17, 15) is 0 Å². The van der Waals surface area contributed by atoms with Crippen LogP contribution in [0.5, 0.6) is 0 Å². The van der Waals surface area contributed by atoms with Crippen LogP contribution in [0, 0.1) is 0 Å². The lowest BCUT2D eigenvalue weighted by Gasteiger charge is -2.42. The third-order valence-corrected chi connectivity index (χ3v) is 23.1. The van der Waals surface area contributed by atoms with E-state index in [4.69, 9.17) is 8.83 Å². The quantitative estimate of drug-likeness (QED) is 0.152. The number of nitrogens with zero attached hydrogens (tertiary/aromatic N) is 4. The normalized spacial score (nSPS) is 12.6. The Labute approximate surface area is 522 Å². The fraction of sp³-hybridized carbons (Fsp3) is 0. The fourth-order valence-corrected chi connectivity index (χ4v) is 19.6. The molecule has 20 rings (SSSR count). The summed E-state index contributed by atoms with van der Waals surface area (Å²) in [5.41, 5.74) is 16.5. The standard InChI is InChI=1S/C84H52N4O2S/c1-3-23-57(24-4-1)91(58-25-5-2-6-26-58,81-51-55(87-75-39-19-11-31-63(75)64-32-12-20-40-76(64)87)49-69-67-47-53(43-45-79(67)89-83(69)81)85-71-35-15-7-27-59(71)60-28-8-16-36-72(60)85)82-52-56(88-77-41-21-13-33-65(77)66-34-14-22-42-78(66)88)50-70-68-48-54(44-46-80(68)90-84(70)82)86-73-37-17-9-29-61(73)62-30-10-18-38-74(62)86/h1-52H. The topological polar surface area (TPSA) is 46.0 Å². The van der Waals surface area contributed by atoms with Crippen molar-refractivity contribution in [1.82, 2.24) is 18.3 Å². The van der Waals surface area contributed by atoms with Crippen LogP contribution in [0.25, 0.3) is 154 Å². The molecule has 0 atom stereocenters. The van der Waals surface area contributed by atoms with Gasteiger partial charge in [-0.1, -0.05) is 182 Å². The Morgan fingerprint density at radius 2 is 0.440 bits per heavy atom. The van der Waals surface area contributed by atoms with Gasteiger partial charge in [-0.05, 0) is 133 Å². The number of hydrogen-bond acceptors (Lipinski definition) is 2. The molecule has 6 nitrogen and oxygen atoms in total. The minimum atomic E-state index is -2.75. The molecule has 0 aliphatic rings. The average Bonchev–Trinajstić information content (AvgIpc) is 1.69. The molecule has 0 saturated carbocycles. The van der Waals surface area contributed by atoms with Crippen molar-refractivity contribution in [3.05, 3.63) is 315 Å². The van der Waals surface area contributed by atoms with Crippen molar-refractivity contribution in [3.63, 3.8) is 0 Å². The largest absolute Gasteiger partial charge is 0.455 e. The molecule has 0 spiro atoms. The molecule has 0 radical (unpaired) electrons. The number of benzene rings is 14. The maximum Gasteiger partial charge on any atom is 0.148 e. The summed E-state index contributed by atoms with van der Waals surface area (Å²) in [4.78, 5) is 4.39. The predicted octanol–water partition coefficient (Wildman–Crippen LogP) is 23.2. The van der Waals surface area contributed by atoms with E-state index in [0.717, 1.165) is 130 Å². The monoisotopic (exact) mass is 1180 g/mol. The van der Waals surface area contributed by atoms with Gasteiger partial charge in [-0.15, -0.1) is 10.0 Å². The molecule has 0 bridgehead atoms. The third kappa shape index (κ3) is 7.03. The summed E-state index contributed by atoms with van der Waals surface area (Å²) in [7, 11) is -2.75. The minimum absolute atomic E-state index is 0.806. The average molecular weight is 1180 g/mol. The molecule has 91 heavy (non-hydrogen) atoms. The maximum atomic E-state index is 7.73. The fourth-order valence-electron chi connectivity index (χ4n) is 15.4. The highest BCUT2D eigenvalue weighted by atomic mass is 32.3. The highest BCUT2D eigenvalue weighted by Gasteiger charge is 2.40. The molecular weight excluding hydrogens is 1130 g/mol. The predicted molar refractivity (Wildman–Crippen MR) is 378 cm³/mol. The van der Waals surface area contributed by atoms with Crippen molar-refractivity contribution in [1.29, 1.82) is 0 Å². The number of para-hydroxylation sites is 8. The van der Waals surface area contributed by atoms with Crippen LogP contribution < -0.4 is 0 Å². The first kappa shape index (κ1) is 50.3. The van der Waals surface area contributed by atoms with Crippen molar-refractivity contribution in [2.75, 3.05) is 0 Å². The zero-order chi connectivity index (χ0) is 59.5. The Morgan fingerprint density at radius 3 is 0.725 bits per heavy atom. The van der Waals surface area contributed by atoms with Crippen LogP contribution in [-0.2, 0) is 0 Å². The molecule has 6 aromatic heterocycles. The summed E-state index contributed by atoms with van der Waals surface area (Å²) in [5.74, 6) is 0. The first-order valence-electron chi connectivity index (χ1n) is 31.0. The van der Waals surface area contributed by atoms with Gasteiger partial charge in [0.15, 0.2) is 0 Å². The number of rotatable bonds is 8. The second kappa shape index (κ2) is 19.1. The van der Waals surface area contributed by atoms with Crippen LogP contribution in [0.1, 0.15) is 0 Å². The van der Waals surface area contributed by atoms with Crippen LogP contribution in [0.3, 0.4) is 0 Å². The highest BCUT2D eigenvalue weighted by Crippen LogP contribution is 2.76. The van der Waals surface area contributed by atoms with E-state index in [1.54, 1.807) is 0 Å². The van der Waals surface area contributed by atoms with E-state index in [-0.39, 0.29) is 0 Å². The Balaban J connectivity index is 0.971. The van der Waals surface area contributed by atoms with Crippen molar-refractivity contribution in [3.8, 4) is 22.7 Å². The number of fused-ring (bicyclic) bond motifs is 18. The van der Waals surface area contributed by atoms with Gasteiger partial charge < -0.3 is 27.1 Å². The Bertz CT molecular complexity index is 5810. The summed E-state index contributed by atoms with van der Waals surface area (Å²) < 4.78 is 25.2. The van der Waals surface area contributed by atoms with Crippen molar-refractivity contribution in [2.45, 2.75) is 19.6 Å². The van der Waals surface area contributed by atoms with Gasteiger partial charge in [-0.2, -0.15) is 0 Å². The zero-order valence-corrected chi connectivity index (χ0v) is 49.9. The molecule has 0 saturated heterocycles. The lowest BCUT2D eigenvalue weighted by Crippen LogP contribution is -2.08. The van der Waals surface area contributed by atoms with Crippen molar-refractivity contribution < 1.29 is 8.83 Å². The first-order chi connectivity index (χ1) is 45.2. The lowest BCUT2D eigenvalue weighted by molar-refractivity contribution is 0.657. The van der Waals surface area contributed by atoms with Gasteiger partial charge in [-0.25, -0.2) is 0 Å². The smallest absolute Gasteiger partial charge is 0.148 e. The van der Waals surface area contributed by atoms with Crippen LogP contribution >= 0.6 is 10.0 Å². The summed E-state index contributed by atoms with van der Waals surface area (Å²) in [6, 6.07) is 116. The number of furan rings is 2. The Morgan fingerprint density at radius 1 is 0.198 bits per heavy atom. The molecule has 14 aromatic carbocycles. The van der Waals surface area contributed by atoms with E-state index in [0.29, 0.717) is 0 Å². The van der Waals surface area contributed by atoms with E-state index in [1.807, 2.05) is 0 Å². The van der Waals surface area contributed by atoms with Gasteiger partial charge in [0.1, 0.15) is 22.3 Å². The van der Waals surface area contributed by atoms with E-state index >= 15 is 0 Å². The lowest BCUT2D eigenvalue weighted by atomic mass is 10.1. The molecule has 6 heterocycles. The van der Waals surface area contributed by atoms with Gasteiger partial charge in [0.2, 0.25) is 0 Å². The first-order valence-corrected chi connectivity index (χ1v) is 32.7. The van der Waals surface area contributed by atoms with Gasteiger partial charge in [-0.3, -0.25) is 0 Å². The molecule has 0 aliphatic heterocycles. The van der Waals surface area contributed by atoms with Gasteiger partial charge in [0.25, 0.3) is 0 Å². The molecule has 7 heteroatoms. The van der Waals surface area contributed by atoms with E-state index < -0.39 is 10.0 Å². The van der Waals surface area contributed by atoms with Gasteiger partial charge in [0.05, 0.1) is 44.1 Å². The zero-order valence-electron chi connectivity index (χ0n) is 49.0. The van der Waals surface area contributed by atoms with Crippen LogP contribution in [0.4, 0.5) is 0 Å². The van der Waals surface area contributed by atoms with Crippen LogP contribution in [-0.4, -0.2) is 18.3 Å². The number of aromatic nitrogens is 4. The molecule has 0 aliphatic carbocycles. The van der Waals surface area contributed by atoms with E-state index in [1.165, 1.54) is 43.1 Å². The Kier molecular flexibility index (Phi) is 10.6. The van der Waals surface area contributed by atoms with Crippen LogP contribution in [0.2, 0.25) is 0 Å². The van der Waals surface area contributed by atoms with E-state index in [2.05, 4.69) is 334 Å². The summed E-state index contributed by atoms with van der Waals surface area (Å²) in [5, 5.41) is 13.7. The van der Waals surface area contributed by atoms with Crippen molar-refractivity contribution in [2.24, 2.45) is 0 Å². The molecule has 0 N–H and O–H groups in total. The van der Waals surface area contributed by atoms with Gasteiger partial charge in [0, 0.05) is 107 Å². The third-order valence-electron chi connectivity index (χ3n) is 19.2. The molecular formula is C84H52N4O2S. The summed E-state index contributed by atoms with van der Waals surface area (Å²) >= 11 is 0. The number of hydrogen-bond donors (Lipinski definition) is 0. The second-order valence-corrected chi connectivity index (χ2v) is 27.0. The summed E-state index contributed by atoms with van der Waals surface area (Å²) in [6.45, 7) is 0. The molecule has 20 aromatic rings. The van der Waals surface area contributed by atoms with Crippen molar-refractivity contribution >= 4 is 141 Å². The minimum Gasteiger partial charge on any atom is -0.455 e. The maximum absolute atomic E-state index is 7.73. The molecule has 0 fully saturated rings.